The molecule has 0 bridgehead atoms. The Balaban J connectivity index is 1.09. The molecule has 18 heteroatoms. The lowest BCUT2D eigenvalue weighted by atomic mass is 9.80. The summed E-state index contributed by atoms with van der Waals surface area (Å²) in [6, 6.07) is 19.5. The van der Waals surface area contributed by atoms with E-state index in [9.17, 15) is 30.2 Å². The molecular weight excluding hydrogens is 964 g/mol. The molecule has 74 heavy (non-hydrogen) atoms. The number of hydrogen-bond acceptors (Lipinski definition) is 14. The van der Waals surface area contributed by atoms with Gasteiger partial charge in [0.2, 0.25) is 17.7 Å². The molecule has 6 aliphatic heterocycles. The van der Waals surface area contributed by atoms with Crippen molar-refractivity contribution in [2.24, 2.45) is 5.41 Å². The standard InChI is InChI=1S/C56H67N6O11P/c1-52(2,32-53(3,4)71-49-46(60-23-11-14-43(60)63)37-26-34(29-57)17-20-40(37)68-54(49,5)6)33-67-74(66,72-50-47(61-24-12-15-44(61)64)38-27-35(30-58)18-21-41(38)69-55(50,7)8)73-51-48(62-25-13-16-45(62)65)39-28-36(31-59)19-22-42(39)70-56(51,9)10/h17-22,26-28,46-51H,11-16,23-25,32-33H2,1-10H3/t46-,47-,48-,49+,50+,51+/m1/s1. The van der Waals surface area contributed by atoms with Crippen LogP contribution in [-0.2, 0) is 37.3 Å². The van der Waals surface area contributed by atoms with E-state index in [-0.39, 0.29) is 37.2 Å². The van der Waals surface area contributed by atoms with Gasteiger partial charge in [0, 0.05) is 55.6 Å². The summed E-state index contributed by atoms with van der Waals surface area (Å²) in [6.07, 6.45) is -0.00938. The third-order valence-corrected chi connectivity index (χ3v) is 16.6. The van der Waals surface area contributed by atoms with E-state index in [1.54, 1.807) is 92.1 Å². The largest absolute Gasteiger partial charge is 0.485 e. The molecule has 0 aliphatic carbocycles. The summed E-state index contributed by atoms with van der Waals surface area (Å²) in [4.78, 5) is 46.4. The van der Waals surface area contributed by atoms with Gasteiger partial charge >= 0.3 is 7.82 Å². The molecule has 392 valence electrons. The summed E-state index contributed by atoms with van der Waals surface area (Å²) in [6.45, 7) is 19.8. The number of rotatable bonds is 14. The molecular formula is C56H67N6O11P. The number of ether oxygens (including phenoxy) is 4. The molecule has 3 aromatic carbocycles. The Morgan fingerprint density at radius 3 is 1.24 bits per heavy atom. The lowest BCUT2D eigenvalue weighted by Crippen LogP contribution is -2.57. The maximum absolute atomic E-state index is 16.5. The molecule has 0 N–H and O–H groups in total. The number of carbonyl (C=O) groups excluding carboxylic acids is 3. The van der Waals surface area contributed by atoms with Gasteiger partial charge in [-0.2, -0.15) is 15.8 Å². The Hall–Kier alpha value is -5.99. The molecule has 9 rings (SSSR count). The van der Waals surface area contributed by atoms with Gasteiger partial charge in [0.05, 0.1) is 65.2 Å². The Morgan fingerprint density at radius 1 is 0.581 bits per heavy atom. The first-order valence-corrected chi connectivity index (χ1v) is 27.1. The minimum atomic E-state index is -4.96. The summed E-state index contributed by atoms with van der Waals surface area (Å²) in [5.41, 5.74) is -2.52. The lowest BCUT2D eigenvalue weighted by Gasteiger charge is -2.51. The van der Waals surface area contributed by atoms with Crippen molar-refractivity contribution in [2.45, 2.75) is 173 Å². The Bertz CT molecular complexity index is 2810. The van der Waals surface area contributed by atoms with Crippen molar-refractivity contribution in [2.75, 3.05) is 26.2 Å². The van der Waals surface area contributed by atoms with E-state index in [4.69, 9.17) is 32.5 Å². The third-order valence-electron chi connectivity index (χ3n) is 15.2. The predicted octanol–water partition coefficient (Wildman–Crippen LogP) is 9.68. The van der Waals surface area contributed by atoms with Crippen LogP contribution in [0.1, 0.15) is 166 Å². The SMILES string of the molecule is CC(C)(COP(=O)(O[C@H]1[C@H](N2CCCC2=O)c2cc(C#N)ccc2OC1(C)C)O[C@H]1[C@H](N2CCCC2=O)c2cc(C#N)ccc2OC1(C)C)CC(C)(C)O[C@H]1[C@H](N2CCCC2=O)c2cc(C#N)ccc2OC1(C)C. The molecule has 3 amide bonds. The molecule has 6 atom stereocenters. The number of nitriles is 3. The van der Waals surface area contributed by atoms with Gasteiger partial charge in [0.1, 0.15) is 52.4 Å². The van der Waals surface area contributed by atoms with Crippen LogP contribution in [0.15, 0.2) is 54.6 Å². The van der Waals surface area contributed by atoms with Crippen LogP contribution < -0.4 is 14.2 Å². The number of amides is 3. The molecule has 0 spiro atoms. The minimum Gasteiger partial charge on any atom is -0.485 e. The molecule has 3 saturated heterocycles. The molecule has 0 saturated carbocycles. The number of likely N-dealkylation sites (tertiary alicyclic amines) is 3. The second-order valence-corrected chi connectivity index (χ2v) is 25.1. The Morgan fingerprint density at radius 2 is 0.919 bits per heavy atom. The van der Waals surface area contributed by atoms with Crippen molar-refractivity contribution in [1.82, 2.24) is 14.7 Å². The van der Waals surface area contributed by atoms with Gasteiger partial charge in [-0.3, -0.25) is 28.0 Å². The topological polar surface area (TPSA) is 214 Å². The summed E-state index contributed by atoms with van der Waals surface area (Å²) in [5, 5.41) is 30.0. The van der Waals surface area contributed by atoms with Gasteiger partial charge in [-0.05, 0) is 141 Å². The highest BCUT2D eigenvalue weighted by atomic mass is 31.2. The van der Waals surface area contributed by atoms with Gasteiger partial charge in [0.25, 0.3) is 0 Å². The lowest BCUT2D eigenvalue weighted by molar-refractivity contribution is -0.191. The number of fused-ring (bicyclic) bond motifs is 3. The van der Waals surface area contributed by atoms with E-state index in [1.807, 2.05) is 46.4 Å². The summed E-state index contributed by atoms with van der Waals surface area (Å²) >= 11 is 0. The highest BCUT2D eigenvalue weighted by Crippen LogP contribution is 2.62. The van der Waals surface area contributed by atoms with E-state index in [0.717, 1.165) is 0 Å². The number of phosphoric acid groups is 1. The molecule has 3 fully saturated rings. The fourth-order valence-electron chi connectivity index (χ4n) is 12.1. The fourth-order valence-corrected chi connectivity index (χ4v) is 14.1. The van der Waals surface area contributed by atoms with Crippen molar-refractivity contribution in [3.63, 3.8) is 0 Å². The molecule has 0 unspecified atom stereocenters. The van der Waals surface area contributed by atoms with Gasteiger partial charge in [-0.15, -0.1) is 0 Å². The molecule has 6 heterocycles. The van der Waals surface area contributed by atoms with Crippen LogP contribution in [0.5, 0.6) is 17.2 Å². The number of hydrogen-bond donors (Lipinski definition) is 0. The van der Waals surface area contributed by atoms with E-state index in [2.05, 4.69) is 18.2 Å². The van der Waals surface area contributed by atoms with E-state index in [0.29, 0.717) is 102 Å². The zero-order valence-corrected chi connectivity index (χ0v) is 45.0. The van der Waals surface area contributed by atoms with E-state index >= 15 is 4.57 Å². The zero-order chi connectivity index (χ0) is 53.3. The van der Waals surface area contributed by atoms with Crippen LogP contribution in [0.25, 0.3) is 0 Å². The van der Waals surface area contributed by atoms with Gasteiger partial charge in [0.15, 0.2) is 0 Å². The maximum Gasteiger partial charge on any atom is 0.475 e. The quantitative estimate of drug-likeness (QED) is 0.138. The average Bonchev–Trinajstić information content (AvgIpc) is 4.08. The van der Waals surface area contributed by atoms with Crippen molar-refractivity contribution >= 4 is 25.5 Å². The monoisotopic (exact) mass is 1030 g/mol. The highest BCUT2D eigenvalue weighted by molar-refractivity contribution is 7.48. The van der Waals surface area contributed by atoms with Gasteiger partial charge in [-0.25, -0.2) is 4.57 Å². The minimum absolute atomic E-state index is 0.00866. The molecule has 0 radical (unpaired) electrons. The average molecular weight is 1030 g/mol. The number of nitrogens with zero attached hydrogens (tertiary/aromatic N) is 6. The van der Waals surface area contributed by atoms with Crippen LogP contribution in [0.4, 0.5) is 0 Å². The van der Waals surface area contributed by atoms with E-state index in [1.165, 1.54) is 0 Å². The van der Waals surface area contributed by atoms with Gasteiger partial charge in [-0.1, -0.05) is 13.8 Å². The first kappa shape index (κ1) is 52.9. The third kappa shape index (κ3) is 10.1. The van der Waals surface area contributed by atoms with Crippen molar-refractivity contribution in [3.8, 4) is 35.5 Å². The van der Waals surface area contributed by atoms with Crippen molar-refractivity contribution in [3.05, 3.63) is 88.0 Å². The fraction of sp³-hybridized carbons (Fsp3) is 0.571. The first-order chi connectivity index (χ1) is 34.8. The second-order valence-electron chi connectivity index (χ2n) is 23.5. The first-order valence-electron chi connectivity index (χ1n) is 25.6. The summed E-state index contributed by atoms with van der Waals surface area (Å²) in [7, 11) is -4.96. The van der Waals surface area contributed by atoms with E-state index < -0.39 is 72.1 Å². The van der Waals surface area contributed by atoms with Crippen LogP contribution in [-0.4, -0.2) is 99.4 Å². The highest BCUT2D eigenvalue weighted by Gasteiger charge is 2.58. The molecule has 0 aromatic heterocycles. The Kier molecular flexibility index (Phi) is 13.8. The smallest absolute Gasteiger partial charge is 0.475 e. The molecule has 17 nitrogen and oxygen atoms in total. The van der Waals surface area contributed by atoms with Crippen LogP contribution in [0.2, 0.25) is 0 Å². The van der Waals surface area contributed by atoms with Gasteiger partial charge < -0.3 is 33.6 Å². The number of phosphoric ester groups is 1. The summed E-state index contributed by atoms with van der Waals surface area (Å²) in [5.74, 6) is 1.15. The van der Waals surface area contributed by atoms with Crippen LogP contribution in [0, 0.1) is 39.4 Å². The second kappa shape index (κ2) is 19.3. The van der Waals surface area contributed by atoms with Crippen LogP contribution in [0.3, 0.4) is 0 Å². The van der Waals surface area contributed by atoms with Crippen LogP contribution >= 0.6 is 7.82 Å². The zero-order valence-electron chi connectivity index (χ0n) is 44.1. The van der Waals surface area contributed by atoms with Crippen molar-refractivity contribution in [1.29, 1.82) is 15.8 Å². The van der Waals surface area contributed by atoms with Crippen molar-refractivity contribution < 1.29 is 51.5 Å². The molecule has 6 aliphatic rings. The normalized spacial score (nSPS) is 25.9. The summed E-state index contributed by atoms with van der Waals surface area (Å²) < 4.78 is 64.2. The number of benzene rings is 3. The maximum atomic E-state index is 16.5. The molecule has 3 aromatic rings. The Labute approximate surface area is 434 Å². The predicted molar refractivity (Wildman–Crippen MR) is 269 cm³/mol. The number of carbonyl (C=O) groups is 3.